The van der Waals surface area contributed by atoms with Gasteiger partial charge in [0, 0.05) is 25.4 Å². The van der Waals surface area contributed by atoms with Crippen LogP contribution >= 0.6 is 12.4 Å². The summed E-state index contributed by atoms with van der Waals surface area (Å²) in [5.74, 6) is -0.420. The first kappa shape index (κ1) is 21.7. The fourth-order valence-electron chi connectivity index (χ4n) is 2.51. The first-order chi connectivity index (χ1) is 12.0. The molecule has 2 aromatic rings. The van der Waals surface area contributed by atoms with Crippen molar-refractivity contribution in [1.82, 2.24) is 10.6 Å². The Balaban J connectivity index is 0.00000338. The number of nitrogens with one attached hydrogen (secondary N) is 2. The molecule has 2 aromatic carbocycles. The van der Waals surface area contributed by atoms with Crippen molar-refractivity contribution in [3.63, 3.8) is 0 Å². The summed E-state index contributed by atoms with van der Waals surface area (Å²) in [4.78, 5) is 24.6. The number of hydrogen-bond acceptors (Lipinski definition) is 3. The van der Waals surface area contributed by atoms with Crippen LogP contribution in [0, 0.1) is 0 Å². The smallest absolute Gasteiger partial charge is 0.243 e. The largest absolute Gasteiger partial charge is 0.350 e. The maximum atomic E-state index is 12.6. The van der Waals surface area contributed by atoms with E-state index >= 15 is 0 Å². The van der Waals surface area contributed by atoms with E-state index < -0.39 is 6.04 Å². The predicted octanol–water partition coefficient (Wildman–Crippen LogP) is 2.19. The van der Waals surface area contributed by atoms with Crippen LogP contribution in [0.25, 0.3) is 0 Å². The first-order valence-corrected chi connectivity index (χ1v) is 8.45. The van der Waals surface area contributed by atoms with Crippen molar-refractivity contribution in [2.45, 2.75) is 38.4 Å². The third kappa shape index (κ3) is 7.68. The van der Waals surface area contributed by atoms with Gasteiger partial charge in [-0.25, -0.2) is 0 Å². The zero-order valence-corrected chi connectivity index (χ0v) is 15.7. The average Bonchev–Trinajstić information content (AvgIpc) is 2.60. The van der Waals surface area contributed by atoms with Crippen LogP contribution in [0.2, 0.25) is 0 Å². The molecule has 0 saturated heterocycles. The van der Waals surface area contributed by atoms with Crippen molar-refractivity contribution in [1.29, 1.82) is 0 Å². The third-order valence-electron chi connectivity index (χ3n) is 3.75. The number of nitrogens with two attached hydrogens (primary N) is 1. The van der Waals surface area contributed by atoms with E-state index in [1.165, 1.54) is 0 Å². The standard InChI is InChI=1S/C20H25N3O2.ClH/c1-15(21)12-19(24)23-18(13-16-8-4-2-5-9-16)20(25)22-14-17-10-6-3-7-11-17;/h2-11,15,18H,12-14,21H2,1H3,(H,22,25)(H,23,24);1H. The Bertz CT molecular complexity index is 678. The molecule has 0 radical (unpaired) electrons. The monoisotopic (exact) mass is 375 g/mol. The summed E-state index contributed by atoms with van der Waals surface area (Å²) in [7, 11) is 0. The highest BCUT2D eigenvalue weighted by Gasteiger charge is 2.21. The summed E-state index contributed by atoms with van der Waals surface area (Å²) in [5.41, 5.74) is 7.67. The number of rotatable bonds is 8. The molecule has 4 N–H and O–H groups in total. The number of carbonyl (C=O) groups excluding carboxylic acids is 2. The molecule has 6 heteroatoms. The molecule has 0 bridgehead atoms. The van der Waals surface area contributed by atoms with Crippen LogP contribution in [0.3, 0.4) is 0 Å². The average molecular weight is 376 g/mol. The topological polar surface area (TPSA) is 84.2 Å². The minimum Gasteiger partial charge on any atom is -0.350 e. The Kier molecular flexibility index (Phi) is 9.41. The van der Waals surface area contributed by atoms with E-state index in [0.717, 1.165) is 11.1 Å². The van der Waals surface area contributed by atoms with Crippen LogP contribution in [0.15, 0.2) is 60.7 Å². The third-order valence-corrected chi connectivity index (χ3v) is 3.75. The Morgan fingerprint density at radius 2 is 1.50 bits per heavy atom. The lowest BCUT2D eigenvalue weighted by Gasteiger charge is -2.19. The second kappa shape index (κ2) is 11.3. The van der Waals surface area contributed by atoms with E-state index in [4.69, 9.17) is 5.73 Å². The Morgan fingerprint density at radius 3 is 2.04 bits per heavy atom. The van der Waals surface area contributed by atoms with Crippen molar-refractivity contribution in [2.75, 3.05) is 0 Å². The van der Waals surface area contributed by atoms with E-state index in [0.29, 0.717) is 13.0 Å². The summed E-state index contributed by atoms with van der Waals surface area (Å²) in [6, 6.07) is 18.4. The van der Waals surface area contributed by atoms with Crippen LogP contribution in [0.5, 0.6) is 0 Å². The highest BCUT2D eigenvalue weighted by atomic mass is 35.5. The molecular formula is C20H26ClN3O2. The van der Waals surface area contributed by atoms with Crippen LogP contribution < -0.4 is 16.4 Å². The molecule has 0 aromatic heterocycles. The van der Waals surface area contributed by atoms with Gasteiger partial charge in [0.05, 0.1) is 0 Å². The van der Waals surface area contributed by atoms with Gasteiger partial charge in [0.2, 0.25) is 11.8 Å². The molecule has 26 heavy (non-hydrogen) atoms. The van der Waals surface area contributed by atoms with E-state index in [1.807, 2.05) is 60.7 Å². The molecule has 2 unspecified atom stereocenters. The fraction of sp³-hybridized carbons (Fsp3) is 0.300. The molecule has 5 nitrogen and oxygen atoms in total. The quantitative estimate of drug-likeness (QED) is 0.661. The van der Waals surface area contributed by atoms with Crippen LogP contribution in [0.1, 0.15) is 24.5 Å². The molecule has 0 saturated carbocycles. The molecule has 2 rings (SSSR count). The van der Waals surface area contributed by atoms with Gasteiger partial charge in [-0.05, 0) is 18.1 Å². The molecule has 0 heterocycles. The predicted molar refractivity (Wildman–Crippen MR) is 106 cm³/mol. The van der Waals surface area contributed by atoms with Gasteiger partial charge in [0.1, 0.15) is 6.04 Å². The van der Waals surface area contributed by atoms with E-state index in [1.54, 1.807) is 6.92 Å². The summed E-state index contributed by atoms with van der Waals surface area (Å²) < 4.78 is 0. The van der Waals surface area contributed by atoms with Gasteiger partial charge in [0.25, 0.3) is 0 Å². The van der Waals surface area contributed by atoms with Crippen molar-refractivity contribution in [3.8, 4) is 0 Å². The fourth-order valence-corrected chi connectivity index (χ4v) is 2.51. The van der Waals surface area contributed by atoms with Gasteiger partial charge >= 0.3 is 0 Å². The minimum atomic E-state index is -0.627. The van der Waals surface area contributed by atoms with Crippen molar-refractivity contribution in [3.05, 3.63) is 71.8 Å². The van der Waals surface area contributed by atoms with E-state index in [2.05, 4.69) is 10.6 Å². The van der Waals surface area contributed by atoms with Gasteiger partial charge in [0.15, 0.2) is 0 Å². The molecule has 2 amide bonds. The van der Waals surface area contributed by atoms with Crippen molar-refractivity contribution < 1.29 is 9.59 Å². The molecule has 2 atom stereocenters. The lowest BCUT2D eigenvalue weighted by atomic mass is 10.0. The van der Waals surface area contributed by atoms with Crippen LogP contribution in [-0.4, -0.2) is 23.9 Å². The number of hydrogen-bond donors (Lipinski definition) is 3. The van der Waals surface area contributed by atoms with Crippen molar-refractivity contribution >= 4 is 24.2 Å². The number of carbonyl (C=O) groups is 2. The van der Waals surface area contributed by atoms with E-state index in [-0.39, 0.29) is 36.7 Å². The second-order valence-corrected chi connectivity index (χ2v) is 6.19. The lowest BCUT2D eigenvalue weighted by molar-refractivity contribution is -0.129. The van der Waals surface area contributed by atoms with Crippen LogP contribution in [-0.2, 0) is 22.6 Å². The summed E-state index contributed by atoms with van der Waals surface area (Å²) in [6.45, 7) is 2.19. The molecule has 0 aliphatic rings. The zero-order valence-electron chi connectivity index (χ0n) is 14.9. The minimum absolute atomic E-state index is 0. The normalized spacial score (nSPS) is 12.4. The first-order valence-electron chi connectivity index (χ1n) is 8.45. The highest BCUT2D eigenvalue weighted by molar-refractivity contribution is 5.88. The molecule has 0 fully saturated rings. The van der Waals surface area contributed by atoms with Crippen molar-refractivity contribution in [2.24, 2.45) is 5.73 Å². The van der Waals surface area contributed by atoms with E-state index in [9.17, 15) is 9.59 Å². The van der Waals surface area contributed by atoms with Gasteiger partial charge in [-0.15, -0.1) is 12.4 Å². The maximum absolute atomic E-state index is 12.6. The zero-order chi connectivity index (χ0) is 18.1. The molecular weight excluding hydrogens is 350 g/mol. The maximum Gasteiger partial charge on any atom is 0.243 e. The molecule has 0 aliphatic carbocycles. The molecule has 0 spiro atoms. The molecule has 140 valence electrons. The summed E-state index contributed by atoms with van der Waals surface area (Å²) >= 11 is 0. The lowest BCUT2D eigenvalue weighted by Crippen LogP contribution is -2.48. The Hall–Kier alpha value is -2.37. The van der Waals surface area contributed by atoms with Gasteiger partial charge in [-0.1, -0.05) is 60.7 Å². The SMILES string of the molecule is CC(N)CC(=O)NC(Cc1ccccc1)C(=O)NCc1ccccc1.Cl. The Morgan fingerprint density at radius 1 is 0.962 bits per heavy atom. The number of amides is 2. The van der Waals surface area contributed by atoms with Crippen LogP contribution in [0.4, 0.5) is 0 Å². The number of benzene rings is 2. The van der Waals surface area contributed by atoms with Gasteiger partial charge in [-0.3, -0.25) is 9.59 Å². The second-order valence-electron chi connectivity index (χ2n) is 6.19. The molecule has 0 aliphatic heterocycles. The highest BCUT2D eigenvalue weighted by Crippen LogP contribution is 2.05. The summed E-state index contributed by atoms with van der Waals surface area (Å²) in [5, 5.41) is 5.69. The van der Waals surface area contributed by atoms with Gasteiger partial charge < -0.3 is 16.4 Å². The number of halogens is 1. The van der Waals surface area contributed by atoms with Gasteiger partial charge in [-0.2, -0.15) is 0 Å². The summed E-state index contributed by atoms with van der Waals surface area (Å²) in [6.07, 6.45) is 0.628. The Labute approximate surface area is 160 Å².